The fraction of sp³-hybridized carbons (Fsp3) is 0.231. The SMILES string of the molecule is Cc1ccc(C)n1NCc1ccc(O)cc1. The Morgan fingerprint density at radius 1 is 1.00 bits per heavy atom. The Balaban J connectivity index is 2.05. The molecule has 0 atom stereocenters. The average Bonchev–Trinajstić information content (AvgIpc) is 2.59. The molecule has 0 aliphatic rings. The molecule has 2 rings (SSSR count). The Bertz CT molecular complexity index is 452. The molecule has 1 heterocycles. The maximum absolute atomic E-state index is 9.17. The minimum Gasteiger partial charge on any atom is -0.508 e. The average molecular weight is 216 g/mol. The molecule has 16 heavy (non-hydrogen) atoms. The van der Waals surface area contributed by atoms with Gasteiger partial charge >= 0.3 is 0 Å². The first-order chi connectivity index (χ1) is 7.66. The minimum atomic E-state index is 0.303. The maximum Gasteiger partial charge on any atom is 0.115 e. The maximum atomic E-state index is 9.17. The van der Waals surface area contributed by atoms with E-state index in [0.29, 0.717) is 5.75 Å². The molecule has 0 radical (unpaired) electrons. The highest BCUT2D eigenvalue weighted by Crippen LogP contribution is 2.10. The van der Waals surface area contributed by atoms with Crippen LogP contribution < -0.4 is 5.43 Å². The number of benzene rings is 1. The molecular weight excluding hydrogens is 200 g/mol. The number of aryl methyl sites for hydroxylation is 2. The molecule has 1 aromatic carbocycles. The third kappa shape index (κ3) is 2.19. The first-order valence-corrected chi connectivity index (χ1v) is 5.33. The molecular formula is C13H16N2O. The predicted octanol–water partition coefficient (Wildman–Crippen LogP) is 2.55. The number of phenolic OH excluding ortho intramolecular Hbond substituents is 1. The number of aromatic hydroxyl groups is 1. The Kier molecular flexibility index (Phi) is 2.86. The van der Waals surface area contributed by atoms with E-state index < -0.39 is 0 Å². The van der Waals surface area contributed by atoms with Crippen LogP contribution in [0, 0.1) is 13.8 Å². The van der Waals surface area contributed by atoms with E-state index in [4.69, 9.17) is 0 Å². The molecule has 0 saturated heterocycles. The lowest BCUT2D eigenvalue weighted by Gasteiger charge is -2.12. The van der Waals surface area contributed by atoms with E-state index >= 15 is 0 Å². The van der Waals surface area contributed by atoms with Crippen LogP contribution >= 0.6 is 0 Å². The van der Waals surface area contributed by atoms with E-state index in [2.05, 4.69) is 36.1 Å². The molecule has 0 fully saturated rings. The van der Waals surface area contributed by atoms with Crippen molar-refractivity contribution in [3.8, 4) is 5.75 Å². The molecule has 1 aromatic heterocycles. The summed E-state index contributed by atoms with van der Waals surface area (Å²) in [4.78, 5) is 0. The van der Waals surface area contributed by atoms with E-state index in [1.807, 2.05) is 12.1 Å². The van der Waals surface area contributed by atoms with Gasteiger partial charge in [-0.05, 0) is 43.7 Å². The monoisotopic (exact) mass is 216 g/mol. The number of aromatic nitrogens is 1. The van der Waals surface area contributed by atoms with Gasteiger partial charge in [-0.25, -0.2) is 0 Å². The number of nitrogens with one attached hydrogen (secondary N) is 1. The molecule has 0 aliphatic heterocycles. The standard InChI is InChI=1S/C13H16N2O/c1-10-3-4-11(2)15(10)14-9-12-5-7-13(16)8-6-12/h3-8,14,16H,9H2,1-2H3. The van der Waals surface area contributed by atoms with Gasteiger partial charge in [0, 0.05) is 11.4 Å². The van der Waals surface area contributed by atoms with Crippen LogP contribution in [-0.4, -0.2) is 9.78 Å². The second-order valence-corrected chi connectivity index (χ2v) is 3.95. The van der Waals surface area contributed by atoms with Crippen molar-refractivity contribution in [2.45, 2.75) is 20.4 Å². The van der Waals surface area contributed by atoms with Gasteiger partial charge in [0.05, 0.1) is 6.54 Å². The molecule has 2 N–H and O–H groups in total. The number of phenols is 1. The molecule has 0 amide bonds. The van der Waals surface area contributed by atoms with Crippen LogP contribution in [0.15, 0.2) is 36.4 Å². The number of hydrogen-bond donors (Lipinski definition) is 2. The Morgan fingerprint density at radius 3 is 2.12 bits per heavy atom. The molecule has 0 spiro atoms. The van der Waals surface area contributed by atoms with Gasteiger partial charge in [0.15, 0.2) is 0 Å². The molecule has 84 valence electrons. The van der Waals surface area contributed by atoms with Crippen molar-refractivity contribution in [1.29, 1.82) is 0 Å². The van der Waals surface area contributed by atoms with Gasteiger partial charge in [0.1, 0.15) is 5.75 Å². The highest BCUT2D eigenvalue weighted by molar-refractivity contribution is 5.26. The summed E-state index contributed by atoms with van der Waals surface area (Å²) >= 11 is 0. The Hall–Kier alpha value is -1.90. The summed E-state index contributed by atoms with van der Waals surface area (Å²) in [5.41, 5.74) is 6.86. The van der Waals surface area contributed by atoms with E-state index in [1.54, 1.807) is 12.1 Å². The second-order valence-electron chi connectivity index (χ2n) is 3.95. The fourth-order valence-electron chi connectivity index (χ4n) is 1.70. The predicted molar refractivity (Wildman–Crippen MR) is 65.1 cm³/mol. The summed E-state index contributed by atoms with van der Waals surface area (Å²) in [7, 11) is 0. The summed E-state index contributed by atoms with van der Waals surface area (Å²) in [5, 5.41) is 9.17. The second kappa shape index (κ2) is 4.31. The van der Waals surface area contributed by atoms with Crippen LogP contribution in [0.4, 0.5) is 0 Å². The van der Waals surface area contributed by atoms with Crippen molar-refractivity contribution < 1.29 is 5.11 Å². The van der Waals surface area contributed by atoms with Gasteiger partial charge in [-0.15, -0.1) is 0 Å². The van der Waals surface area contributed by atoms with Gasteiger partial charge in [0.2, 0.25) is 0 Å². The first kappa shape index (κ1) is 10.6. The van der Waals surface area contributed by atoms with E-state index in [1.165, 1.54) is 11.4 Å². The summed E-state index contributed by atoms with van der Waals surface area (Å²) in [6.45, 7) is 4.88. The van der Waals surface area contributed by atoms with Crippen LogP contribution in [0.3, 0.4) is 0 Å². The van der Waals surface area contributed by atoms with Crippen LogP contribution in [0.25, 0.3) is 0 Å². The van der Waals surface area contributed by atoms with Crippen molar-refractivity contribution in [3.05, 3.63) is 53.3 Å². The van der Waals surface area contributed by atoms with Crippen molar-refractivity contribution in [3.63, 3.8) is 0 Å². The first-order valence-electron chi connectivity index (χ1n) is 5.33. The molecule has 0 aliphatic carbocycles. The highest BCUT2D eigenvalue weighted by Gasteiger charge is 1.99. The van der Waals surface area contributed by atoms with Crippen LogP contribution in [-0.2, 0) is 6.54 Å². The lowest BCUT2D eigenvalue weighted by molar-refractivity contribution is 0.475. The van der Waals surface area contributed by atoms with Gasteiger partial charge in [-0.1, -0.05) is 12.1 Å². The number of hydrogen-bond acceptors (Lipinski definition) is 2. The van der Waals surface area contributed by atoms with E-state index in [0.717, 1.165) is 12.1 Å². The highest BCUT2D eigenvalue weighted by atomic mass is 16.3. The Morgan fingerprint density at radius 2 is 1.56 bits per heavy atom. The van der Waals surface area contributed by atoms with Crippen molar-refractivity contribution >= 4 is 0 Å². The lowest BCUT2D eigenvalue weighted by Crippen LogP contribution is -2.16. The Labute approximate surface area is 95.3 Å². The molecule has 0 bridgehead atoms. The van der Waals surface area contributed by atoms with Crippen molar-refractivity contribution in [2.75, 3.05) is 5.43 Å². The summed E-state index contributed by atoms with van der Waals surface area (Å²) in [6, 6.07) is 11.4. The van der Waals surface area contributed by atoms with Crippen LogP contribution in [0.5, 0.6) is 5.75 Å². The zero-order valence-electron chi connectivity index (χ0n) is 9.57. The molecule has 0 saturated carbocycles. The smallest absolute Gasteiger partial charge is 0.115 e. The molecule has 3 heteroatoms. The van der Waals surface area contributed by atoms with Gasteiger partial charge in [-0.2, -0.15) is 0 Å². The quantitative estimate of drug-likeness (QED) is 0.827. The lowest BCUT2D eigenvalue weighted by atomic mass is 10.2. The number of nitrogens with zero attached hydrogens (tertiary/aromatic N) is 1. The molecule has 2 aromatic rings. The van der Waals surface area contributed by atoms with Crippen molar-refractivity contribution in [1.82, 2.24) is 4.68 Å². The summed E-state index contributed by atoms with van der Waals surface area (Å²) in [6.07, 6.45) is 0. The van der Waals surface area contributed by atoms with E-state index in [9.17, 15) is 5.11 Å². The summed E-state index contributed by atoms with van der Waals surface area (Å²) in [5.74, 6) is 0.303. The minimum absolute atomic E-state index is 0.303. The zero-order chi connectivity index (χ0) is 11.5. The number of rotatable bonds is 3. The third-order valence-electron chi connectivity index (χ3n) is 2.65. The van der Waals surface area contributed by atoms with Gasteiger partial charge < -0.3 is 10.5 Å². The van der Waals surface area contributed by atoms with Gasteiger partial charge in [-0.3, -0.25) is 4.68 Å². The normalized spacial score (nSPS) is 10.4. The largest absolute Gasteiger partial charge is 0.508 e. The zero-order valence-corrected chi connectivity index (χ0v) is 9.57. The molecule has 0 unspecified atom stereocenters. The van der Waals surface area contributed by atoms with Crippen LogP contribution in [0.2, 0.25) is 0 Å². The fourth-order valence-corrected chi connectivity index (χ4v) is 1.70. The van der Waals surface area contributed by atoms with Gasteiger partial charge in [0.25, 0.3) is 0 Å². The molecule has 3 nitrogen and oxygen atoms in total. The summed E-state index contributed by atoms with van der Waals surface area (Å²) < 4.78 is 2.06. The third-order valence-corrected chi connectivity index (χ3v) is 2.65. The van der Waals surface area contributed by atoms with Crippen LogP contribution in [0.1, 0.15) is 17.0 Å². The topological polar surface area (TPSA) is 37.2 Å². The van der Waals surface area contributed by atoms with E-state index in [-0.39, 0.29) is 0 Å². The van der Waals surface area contributed by atoms with Crippen molar-refractivity contribution in [2.24, 2.45) is 0 Å².